The van der Waals surface area contributed by atoms with Crippen LogP contribution in [-0.2, 0) is 10.0 Å². The Hall–Kier alpha value is -1.11. The molecule has 5 nitrogen and oxygen atoms in total. The summed E-state index contributed by atoms with van der Waals surface area (Å²) in [4.78, 5) is 13.7. The zero-order valence-electron chi connectivity index (χ0n) is 11.1. The Bertz CT molecular complexity index is 585. The number of carbonyl (C=O) groups is 1. The highest BCUT2D eigenvalue weighted by atomic mass is 35.5. The molecule has 7 heteroatoms. The van der Waals surface area contributed by atoms with E-state index in [1.54, 1.807) is 0 Å². The van der Waals surface area contributed by atoms with Crippen molar-refractivity contribution >= 4 is 27.5 Å². The van der Waals surface area contributed by atoms with Gasteiger partial charge in [-0.3, -0.25) is 4.79 Å². The number of sulfonamides is 1. The van der Waals surface area contributed by atoms with E-state index in [0.29, 0.717) is 6.54 Å². The SMILES string of the molecule is CCN(C(=O)c1c(Cl)cccc1S(N)(=O)=O)C(C)C. The molecule has 0 heterocycles. The Morgan fingerprint density at radius 2 is 2.00 bits per heavy atom. The topological polar surface area (TPSA) is 80.5 Å². The van der Waals surface area contributed by atoms with Crippen LogP contribution in [0.2, 0.25) is 5.02 Å². The fourth-order valence-electron chi connectivity index (χ4n) is 1.84. The number of carbonyl (C=O) groups excluding carboxylic acids is 1. The number of rotatable bonds is 4. The van der Waals surface area contributed by atoms with E-state index in [1.807, 2.05) is 20.8 Å². The summed E-state index contributed by atoms with van der Waals surface area (Å²) in [6.07, 6.45) is 0. The largest absolute Gasteiger partial charge is 0.336 e. The van der Waals surface area contributed by atoms with Gasteiger partial charge in [-0.15, -0.1) is 0 Å². The third kappa shape index (κ3) is 3.46. The van der Waals surface area contributed by atoms with E-state index in [9.17, 15) is 13.2 Å². The van der Waals surface area contributed by atoms with Gasteiger partial charge in [-0.05, 0) is 32.9 Å². The van der Waals surface area contributed by atoms with Crippen molar-refractivity contribution in [3.63, 3.8) is 0 Å². The minimum Gasteiger partial charge on any atom is -0.336 e. The second-order valence-corrected chi connectivity index (χ2v) is 6.28. The first-order chi connectivity index (χ1) is 8.70. The summed E-state index contributed by atoms with van der Waals surface area (Å²) in [6, 6.07) is 4.13. The summed E-state index contributed by atoms with van der Waals surface area (Å²) in [5.41, 5.74) is -0.0674. The first-order valence-corrected chi connectivity index (χ1v) is 7.74. The third-order valence-corrected chi connectivity index (χ3v) is 3.99. The van der Waals surface area contributed by atoms with Gasteiger partial charge < -0.3 is 4.90 Å². The van der Waals surface area contributed by atoms with Crippen LogP contribution in [-0.4, -0.2) is 31.8 Å². The van der Waals surface area contributed by atoms with Crippen LogP contribution in [0, 0.1) is 0 Å². The first kappa shape index (κ1) is 15.9. The van der Waals surface area contributed by atoms with Crippen LogP contribution in [0.15, 0.2) is 23.1 Å². The van der Waals surface area contributed by atoms with Crippen molar-refractivity contribution < 1.29 is 13.2 Å². The summed E-state index contributed by atoms with van der Waals surface area (Å²) < 4.78 is 23.1. The van der Waals surface area contributed by atoms with Crippen LogP contribution < -0.4 is 5.14 Å². The fraction of sp³-hybridized carbons (Fsp3) is 0.417. The van der Waals surface area contributed by atoms with E-state index >= 15 is 0 Å². The van der Waals surface area contributed by atoms with Crippen molar-refractivity contribution in [2.24, 2.45) is 5.14 Å². The molecule has 1 rings (SSSR count). The molecule has 19 heavy (non-hydrogen) atoms. The number of hydrogen-bond acceptors (Lipinski definition) is 3. The standard InChI is InChI=1S/C12H17ClN2O3S/c1-4-15(8(2)3)12(16)11-9(13)6-5-7-10(11)19(14,17)18/h5-8H,4H2,1-3H3,(H2,14,17,18). The predicted molar refractivity (Wildman–Crippen MR) is 74.7 cm³/mol. The number of primary sulfonamides is 1. The van der Waals surface area contributed by atoms with E-state index in [4.69, 9.17) is 16.7 Å². The average molecular weight is 305 g/mol. The van der Waals surface area contributed by atoms with Gasteiger partial charge in [0, 0.05) is 12.6 Å². The molecule has 106 valence electrons. The second-order valence-electron chi connectivity index (χ2n) is 4.34. The Labute approximate surface area is 118 Å². The van der Waals surface area contributed by atoms with Crippen molar-refractivity contribution in [3.05, 3.63) is 28.8 Å². The van der Waals surface area contributed by atoms with Crippen LogP contribution >= 0.6 is 11.6 Å². The first-order valence-electron chi connectivity index (χ1n) is 5.82. The summed E-state index contributed by atoms with van der Waals surface area (Å²) in [6.45, 7) is 5.95. The fourth-order valence-corrected chi connectivity index (χ4v) is 2.90. The molecule has 0 aliphatic rings. The Morgan fingerprint density at radius 1 is 1.42 bits per heavy atom. The molecule has 0 aliphatic heterocycles. The van der Waals surface area contributed by atoms with Crippen LogP contribution in [0.4, 0.5) is 0 Å². The summed E-state index contributed by atoms with van der Waals surface area (Å²) >= 11 is 5.97. The maximum atomic E-state index is 12.4. The van der Waals surface area contributed by atoms with Gasteiger partial charge in [0.15, 0.2) is 0 Å². The molecule has 0 radical (unpaired) electrons. The highest BCUT2D eigenvalue weighted by molar-refractivity contribution is 7.89. The van der Waals surface area contributed by atoms with Crippen molar-refractivity contribution in [2.45, 2.75) is 31.7 Å². The molecule has 0 fully saturated rings. The number of benzene rings is 1. The normalized spacial score (nSPS) is 11.7. The molecular weight excluding hydrogens is 288 g/mol. The van der Waals surface area contributed by atoms with Gasteiger partial charge in [-0.2, -0.15) is 0 Å². The van der Waals surface area contributed by atoms with Gasteiger partial charge >= 0.3 is 0 Å². The van der Waals surface area contributed by atoms with E-state index in [0.717, 1.165) is 0 Å². The number of amides is 1. The molecule has 1 aromatic carbocycles. The molecule has 0 aliphatic carbocycles. The Morgan fingerprint density at radius 3 is 2.42 bits per heavy atom. The van der Waals surface area contributed by atoms with Crippen molar-refractivity contribution in [1.29, 1.82) is 0 Å². The quantitative estimate of drug-likeness (QED) is 0.922. The van der Waals surface area contributed by atoms with Crippen molar-refractivity contribution in [3.8, 4) is 0 Å². The number of halogens is 1. The van der Waals surface area contributed by atoms with Crippen LogP contribution in [0.5, 0.6) is 0 Å². The molecule has 1 aromatic rings. The van der Waals surface area contributed by atoms with Crippen molar-refractivity contribution in [1.82, 2.24) is 4.90 Å². The molecule has 0 saturated heterocycles. The maximum absolute atomic E-state index is 12.4. The lowest BCUT2D eigenvalue weighted by molar-refractivity contribution is 0.0713. The third-order valence-electron chi connectivity index (χ3n) is 2.72. The molecule has 0 saturated carbocycles. The summed E-state index contributed by atoms with van der Waals surface area (Å²) in [5, 5.41) is 5.20. The molecule has 0 atom stereocenters. The summed E-state index contributed by atoms with van der Waals surface area (Å²) in [5.74, 6) is -0.438. The minimum atomic E-state index is -4.00. The number of hydrogen-bond donors (Lipinski definition) is 1. The number of nitrogens with two attached hydrogens (primary N) is 1. The lowest BCUT2D eigenvalue weighted by Gasteiger charge is -2.26. The minimum absolute atomic E-state index is 0.0674. The van der Waals surface area contributed by atoms with Gasteiger partial charge in [-0.25, -0.2) is 13.6 Å². The highest BCUT2D eigenvalue weighted by Crippen LogP contribution is 2.25. The molecule has 0 spiro atoms. The smallest absolute Gasteiger partial charge is 0.256 e. The van der Waals surface area contributed by atoms with E-state index in [1.165, 1.54) is 23.1 Å². The Balaban J connectivity index is 3.46. The lowest BCUT2D eigenvalue weighted by atomic mass is 10.1. The van der Waals surface area contributed by atoms with E-state index in [2.05, 4.69) is 0 Å². The monoisotopic (exact) mass is 304 g/mol. The predicted octanol–water partition coefficient (Wildman–Crippen LogP) is 1.86. The lowest BCUT2D eigenvalue weighted by Crippen LogP contribution is -2.37. The van der Waals surface area contributed by atoms with E-state index in [-0.39, 0.29) is 21.5 Å². The molecule has 0 bridgehead atoms. The van der Waals surface area contributed by atoms with Gasteiger partial charge in [0.25, 0.3) is 5.91 Å². The molecule has 1 amide bonds. The zero-order valence-corrected chi connectivity index (χ0v) is 12.6. The highest BCUT2D eigenvalue weighted by Gasteiger charge is 2.26. The van der Waals surface area contributed by atoms with Gasteiger partial charge in [0.1, 0.15) is 0 Å². The van der Waals surface area contributed by atoms with Gasteiger partial charge in [0.05, 0.1) is 15.5 Å². The molecule has 0 aromatic heterocycles. The number of nitrogens with zero attached hydrogens (tertiary/aromatic N) is 1. The maximum Gasteiger partial charge on any atom is 0.256 e. The van der Waals surface area contributed by atoms with Gasteiger partial charge in [0.2, 0.25) is 10.0 Å². The molecule has 0 unspecified atom stereocenters. The Kier molecular flexibility index (Phi) is 4.95. The van der Waals surface area contributed by atoms with E-state index < -0.39 is 15.9 Å². The van der Waals surface area contributed by atoms with Crippen LogP contribution in [0.1, 0.15) is 31.1 Å². The van der Waals surface area contributed by atoms with Crippen LogP contribution in [0.3, 0.4) is 0 Å². The second kappa shape index (κ2) is 5.90. The molecular formula is C12H17ClN2O3S. The van der Waals surface area contributed by atoms with Gasteiger partial charge in [-0.1, -0.05) is 17.7 Å². The zero-order chi connectivity index (χ0) is 14.8. The average Bonchev–Trinajstić information content (AvgIpc) is 2.27. The summed E-state index contributed by atoms with van der Waals surface area (Å²) in [7, 11) is -4.00. The van der Waals surface area contributed by atoms with Crippen LogP contribution in [0.25, 0.3) is 0 Å². The van der Waals surface area contributed by atoms with Crippen molar-refractivity contribution in [2.75, 3.05) is 6.54 Å². The molecule has 2 N–H and O–H groups in total.